The summed E-state index contributed by atoms with van der Waals surface area (Å²) in [5, 5.41) is 3.64. The summed E-state index contributed by atoms with van der Waals surface area (Å²) >= 11 is 1.44. The molecule has 0 radical (unpaired) electrons. The zero-order valence-corrected chi connectivity index (χ0v) is 21.7. The summed E-state index contributed by atoms with van der Waals surface area (Å²) in [5.41, 5.74) is 1.34. The lowest BCUT2D eigenvalue weighted by molar-refractivity contribution is 0.0947. The van der Waals surface area contributed by atoms with E-state index >= 15 is 0 Å². The topological polar surface area (TPSA) is 96.4 Å². The van der Waals surface area contributed by atoms with Crippen molar-refractivity contribution < 1.29 is 14.1 Å². The minimum absolute atomic E-state index is 0.201. The molecule has 1 saturated carbocycles. The fraction of sp³-hybridized carbons (Fsp3) is 0.500. The Kier molecular flexibility index (Phi) is 5.99. The Morgan fingerprint density at radius 3 is 2.68 bits per heavy atom. The van der Waals surface area contributed by atoms with E-state index in [0.717, 1.165) is 47.3 Å². The second-order valence-corrected chi connectivity index (χ2v) is 14.4. The third-order valence-corrected chi connectivity index (χ3v) is 10.4. The van der Waals surface area contributed by atoms with Gasteiger partial charge in [-0.1, -0.05) is 0 Å². The molecule has 2 aliphatic rings. The van der Waals surface area contributed by atoms with Crippen molar-refractivity contribution >= 4 is 39.9 Å². The number of aromatic nitrogens is 2. The Balaban J connectivity index is 1.59. The van der Waals surface area contributed by atoms with Crippen molar-refractivity contribution in [1.29, 1.82) is 0 Å². The molecule has 3 aromatic heterocycles. The van der Waals surface area contributed by atoms with Crippen molar-refractivity contribution in [3.05, 3.63) is 34.4 Å². The third kappa shape index (κ3) is 4.49. The number of rotatable bonds is 7. The lowest BCUT2D eigenvalue weighted by atomic mass is 10.1. The van der Waals surface area contributed by atoms with Gasteiger partial charge in [-0.25, -0.2) is 0 Å². The summed E-state index contributed by atoms with van der Waals surface area (Å²) in [6.07, 6.45) is 6.00. The molecule has 1 atom stereocenters. The molecule has 2 N–H and O–H groups in total. The van der Waals surface area contributed by atoms with E-state index < -0.39 is 7.14 Å². The first-order valence-corrected chi connectivity index (χ1v) is 15.1. The molecule has 182 valence electrons. The first-order valence-electron chi connectivity index (χ1n) is 11.7. The van der Waals surface area contributed by atoms with Crippen LogP contribution in [0.3, 0.4) is 0 Å². The Hall–Kier alpha value is -2.35. The molecule has 3 aromatic rings. The first kappa shape index (κ1) is 23.4. The zero-order valence-electron chi connectivity index (χ0n) is 20.0. The van der Waals surface area contributed by atoms with Gasteiger partial charge in [0.25, 0.3) is 11.5 Å². The smallest absolute Gasteiger partial charge is 0.274 e. The second kappa shape index (κ2) is 8.70. The molecular formula is C24H31N4O4PS. The molecule has 2 fully saturated rings. The first-order chi connectivity index (χ1) is 16.1. The molecule has 4 heterocycles. The number of likely N-dealkylation sites (N-methyl/N-ethyl adjacent to an activating group) is 1. The van der Waals surface area contributed by atoms with Crippen LogP contribution in [0.1, 0.15) is 36.2 Å². The van der Waals surface area contributed by atoms with Gasteiger partial charge in [-0.2, -0.15) is 0 Å². The predicted octanol–water partition coefficient (Wildman–Crippen LogP) is 3.21. The number of carbonyl (C=O) groups is 1. The summed E-state index contributed by atoms with van der Waals surface area (Å²) in [4.78, 5) is 31.7. The lowest BCUT2D eigenvalue weighted by Crippen LogP contribution is -2.30. The highest BCUT2D eigenvalue weighted by molar-refractivity contribution is 7.75. The molecule has 1 amide bonds. The maximum atomic E-state index is 12.9. The maximum Gasteiger partial charge on any atom is 0.274 e. The summed E-state index contributed by atoms with van der Waals surface area (Å²) in [5.74, 6) is 0.472. The van der Waals surface area contributed by atoms with Crippen LogP contribution >= 0.6 is 18.5 Å². The van der Waals surface area contributed by atoms with Crippen LogP contribution in [0.4, 0.5) is 0 Å². The van der Waals surface area contributed by atoms with Gasteiger partial charge in [0.15, 0.2) is 0 Å². The molecular weight excluding hydrogens is 471 g/mol. The van der Waals surface area contributed by atoms with Gasteiger partial charge in [-0.15, -0.1) is 11.3 Å². The largest absolute Gasteiger partial charge is 0.490 e. The van der Waals surface area contributed by atoms with Crippen LogP contribution in [0.2, 0.25) is 0 Å². The standard InChI is InChI=1S/C24H31N4O4PS/c1-27-9-5-6-15(27)13-32-19-11-20(33(3,4)31)34-22(19)17-12-28(2)24(30)21-16(17)10-18(26-21)23(29)25-14-7-8-14/h10-12,14-15,26H,5-9,13H2,1-4H3,(H,25,29). The predicted molar refractivity (Wildman–Crippen MR) is 138 cm³/mol. The Morgan fingerprint density at radius 1 is 1.26 bits per heavy atom. The van der Waals surface area contributed by atoms with E-state index in [0.29, 0.717) is 35.0 Å². The van der Waals surface area contributed by atoms with E-state index in [-0.39, 0.29) is 17.5 Å². The van der Waals surface area contributed by atoms with E-state index in [1.165, 1.54) is 15.9 Å². The van der Waals surface area contributed by atoms with Gasteiger partial charge in [0.1, 0.15) is 30.7 Å². The summed E-state index contributed by atoms with van der Waals surface area (Å²) in [6.45, 7) is 5.12. The van der Waals surface area contributed by atoms with Gasteiger partial charge in [0.2, 0.25) is 0 Å². The third-order valence-electron chi connectivity index (χ3n) is 6.69. The average Bonchev–Trinajstić information content (AvgIpc) is 3.16. The van der Waals surface area contributed by atoms with Gasteiger partial charge in [0.05, 0.1) is 9.50 Å². The van der Waals surface area contributed by atoms with Gasteiger partial charge >= 0.3 is 0 Å². The minimum Gasteiger partial charge on any atom is -0.490 e. The summed E-state index contributed by atoms with van der Waals surface area (Å²) in [6, 6.07) is 4.20. The van der Waals surface area contributed by atoms with Crippen LogP contribution in [-0.2, 0) is 11.6 Å². The number of nitrogens with one attached hydrogen (secondary N) is 2. The SMILES string of the molecule is CN1CCCC1COc1cc(P(C)(C)=O)sc1-c1cn(C)c(=O)c2[nH]c(C(=O)NC3CC3)cc12. The molecule has 0 spiro atoms. The molecule has 1 aliphatic carbocycles. The quantitative estimate of drug-likeness (QED) is 0.484. The highest BCUT2D eigenvalue weighted by atomic mass is 32.1. The number of likely N-dealkylation sites (tertiary alicyclic amines) is 1. The van der Waals surface area contributed by atoms with Crippen LogP contribution in [0.5, 0.6) is 5.75 Å². The number of thiophene rings is 1. The normalized spacial score (nSPS) is 19.1. The lowest BCUT2D eigenvalue weighted by Gasteiger charge is -2.20. The van der Waals surface area contributed by atoms with E-state index in [9.17, 15) is 14.2 Å². The molecule has 0 bridgehead atoms. The fourth-order valence-corrected chi connectivity index (χ4v) is 6.87. The van der Waals surface area contributed by atoms with Crippen molar-refractivity contribution in [2.24, 2.45) is 7.05 Å². The van der Waals surface area contributed by atoms with Gasteiger partial charge in [-0.3, -0.25) is 9.59 Å². The van der Waals surface area contributed by atoms with Crippen LogP contribution in [0.25, 0.3) is 21.3 Å². The minimum atomic E-state index is -2.52. The van der Waals surface area contributed by atoms with Gasteiger partial charge in [-0.05, 0) is 58.7 Å². The number of ether oxygens (including phenoxy) is 1. The van der Waals surface area contributed by atoms with Gasteiger partial charge in [0, 0.05) is 42.3 Å². The Bertz CT molecular complexity index is 1360. The van der Waals surface area contributed by atoms with Crippen molar-refractivity contribution in [3.63, 3.8) is 0 Å². The number of aryl methyl sites for hydroxylation is 1. The number of H-pyrrole nitrogens is 1. The van der Waals surface area contributed by atoms with Crippen LogP contribution in [-0.4, -0.2) is 66.0 Å². The van der Waals surface area contributed by atoms with Crippen LogP contribution < -0.4 is 20.2 Å². The molecule has 1 saturated heterocycles. The number of pyridine rings is 1. The van der Waals surface area contributed by atoms with Crippen LogP contribution in [0, 0.1) is 0 Å². The number of carbonyl (C=O) groups excluding carboxylic acids is 1. The van der Waals surface area contributed by atoms with Gasteiger partial charge < -0.3 is 29.1 Å². The Morgan fingerprint density at radius 2 is 2.03 bits per heavy atom. The maximum absolute atomic E-state index is 12.9. The number of aromatic amines is 1. The molecule has 5 rings (SSSR count). The molecule has 10 heteroatoms. The zero-order chi connectivity index (χ0) is 24.2. The monoisotopic (exact) mass is 502 g/mol. The summed E-state index contributed by atoms with van der Waals surface area (Å²) < 4.78 is 21.6. The van der Waals surface area contributed by atoms with Crippen molar-refractivity contribution in [1.82, 2.24) is 19.8 Å². The highest BCUT2D eigenvalue weighted by Gasteiger charge is 2.28. The van der Waals surface area contributed by atoms with E-state index in [1.54, 1.807) is 32.6 Å². The van der Waals surface area contributed by atoms with Crippen LogP contribution in [0.15, 0.2) is 23.1 Å². The molecule has 8 nitrogen and oxygen atoms in total. The molecule has 1 aliphatic heterocycles. The van der Waals surface area contributed by atoms with E-state index in [2.05, 4.69) is 22.2 Å². The van der Waals surface area contributed by atoms with Crippen molar-refractivity contribution in [3.8, 4) is 16.2 Å². The molecule has 0 aromatic carbocycles. The number of hydrogen-bond acceptors (Lipinski definition) is 6. The number of nitrogens with zero attached hydrogens (tertiary/aromatic N) is 2. The number of fused-ring (bicyclic) bond motifs is 1. The Labute approximate surface area is 202 Å². The van der Waals surface area contributed by atoms with Crippen molar-refractivity contribution in [2.45, 2.75) is 37.8 Å². The fourth-order valence-electron chi connectivity index (χ4n) is 4.43. The van der Waals surface area contributed by atoms with E-state index in [1.807, 2.05) is 6.07 Å². The average molecular weight is 503 g/mol. The molecule has 34 heavy (non-hydrogen) atoms. The second-order valence-electron chi connectivity index (χ2n) is 9.89. The number of amides is 1. The van der Waals surface area contributed by atoms with E-state index in [4.69, 9.17) is 4.74 Å². The highest BCUT2D eigenvalue weighted by Crippen LogP contribution is 2.46. The van der Waals surface area contributed by atoms with Crippen molar-refractivity contribution in [2.75, 3.05) is 33.5 Å². The number of hydrogen-bond donors (Lipinski definition) is 2. The molecule has 1 unspecified atom stereocenters. The summed E-state index contributed by atoms with van der Waals surface area (Å²) in [7, 11) is 1.29.